The predicted molar refractivity (Wildman–Crippen MR) is 134 cm³/mol. The molecule has 208 valence electrons. The minimum absolute atomic E-state index is 0.0862. The fourth-order valence-corrected chi connectivity index (χ4v) is 9.05. The lowest BCUT2D eigenvalue weighted by atomic mass is 9.44. The molecule has 0 aromatic carbocycles. The van der Waals surface area contributed by atoms with Gasteiger partial charge in [0.25, 0.3) is 0 Å². The van der Waals surface area contributed by atoms with Crippen LogP contribution in [0.4, 0.5) is 0 Å². The normalized spacial score (nSPS) is 41.7. The predicted octanol–water partition coefficient (Wildman–Crippen LogP) is 4.47. The number of hydrogen-bond acceptors (Lipinski definition) is 8. The molecule has 10 atom stereocenters. The van der Waals surface area contributed by atoms with Crippen molar-refractivity contribution < 1.29 is 38.1 Å². The van der Waals surface area contributed by atoms with Crippen LogP contribution in [-0.2, 0) is 38.1 Å². The lowest BCUT2D eigenvalue weighted by Gasteiger charge is -2.62. The molecule has 8 heteroatoms. The molecule has 3 saturated carbocycles. The van der Waals surface area contributed by atoms with Crippen LogP contribution in [0.2, 0.25) is 0 Å². The summed E-state index contributed by atoms with van der Waals surface area (Å²) in [6.45, 7) is 9.98. The molecule has 0 amide bonds. The third kappa shape index (κ3) is 5.01. The first-order valence-electron chi connectivity index (χ1n) is 14.0. The summed E-state index contributed by atoms with van der Waals surface area (Å²) in [6, 6.07) is 0. The van der Waals surface area contributed by atoms with Crippen molar-refractivity contribution in [2.45, 2.75) is 98.2 Å². The number of cyclic esters (lactones) is 1. The van der Waals surface area contributed by atoms with Gasteiger partial charge in [0.15, 0.2) is 0 Å². The van der Waals surface area contributed by atoms with E-state index >= 15 is 0 Å². The smallest absolute Gasteiger partial charge is 0.305 e. The lowest BCUT2D eigenvalue weighted by Crippen LogP contribution is -2.62. The Bertz CT molecular complexity index is 916. The van der Waals surface area contributed by atoms with Crippen LogP contribution < -0.4 is 0 Å². The SMILES string of the molecule is COC(=O)CC[C@@H](C)[C@H]1CC[C@H]2[C@@H]3[C@H](OC(C)=O)C[C@@H]4COC(=O)CC[C@]4(C)[C@H]3C[C@H](OC(C)=O)[C@]12C. The van der Waals surface area contributed by atoms with Crippen molar-refractivity contribution in [3.05, 3.63) is 0 Å². The van der Waals surface area contributed by atoms with Gasteiger partial charge in [-0.2, -0.15) is 0 Å². The molecule has 0 unspecified atom stereocenters. The third-order valence-electron chi connectivity index (χ3n) is 10.9. The Kier molecular flexibility index (Phi) is 7.97. The summed E-state index contributed by atoms with van der Waals surface area (Å²) in [5.41, 5.74) is -0.483. The molecular formula is C29H44O8. The van der Waals surface area contributed by atoms with Gasteiger partial charge in [-0.1, -0.05) is 20.8 Å². The highest BCUT2D eigenvalue weighted by Gasteiger charge is 2.67. The number of rotatable bonds is 6. The molecule has 4 aliphatic rings. The molecule has 1 aliphatic heterocycles. The fourth-order valence-electron chi connectivity index (χ4n) is 9.05. The van der Waals surface area contributed by atoms with Crippen molar-refractivity contribution in [3.63, 3.8) is 0 Å². The molecule has 0 bridgehead atoms. The quantitative estimate of drug-likeness (QED) is 0.373. The summed E-state index contributed by atoms with van der Waals surface area (Å²) < 4.78 is 22.6. The first-order valence-corrected chi connectivity index (χ1v) is 14.0. The molecule has 37 heavy (non-hydrogen) atoms. The number of esters is 4. The van der Waals surface area contributed by atoms with Crippen molar-refractivity contribution in [1.82, 2.24) is 0 Å². The Labute approximate surface area is 220 Å². The van der Waals surface area contributed by atoms with Crippen LogP contribution in [0.1, 0.15) is 86.0 Å². The Hall–Kier alpha value is -2.12. The van der Waals surface area contributed by atoms with Crippen LogP contribution in [-0.4, -0.2) is 49.8 Å². The first-order chi connectivity index (χ1) is 17.4. The minimum Gasteiger partial charge on any atom is -0.469 e. The van der Waals surface area contributed by atoms with Crippen molar-refractivity contribution in [2.24, 2.45) is 46.3 Å². The minimum atomic E-state index is -0.305. The first kappa shape index (κ1) is 27.9. The molecule has 0 aromatic rings. The second kappa shape index (κ2) is 10.6. The molecule has 0 radical (unpaired) electrons. The Morgan fingerprint density at radius 3 is 2.41 bits per heavy atom. The van der Waals surface area contributed by atoms with Gasteiger partial charge in [0.05, 0.1) is 13.7 Å². The molecule has 0 aromatic heterocycles. The highest BCUT2D eigenvalue weighted by Crippen LogP contribution is 2.68. The molecule has 3 aliphatic carbocycles. The van der Waals surface area contributed by atoms with Gasteiger partial charge in [0.2, 0.25) is 0 Å². The van der Waals surface area contributed by atoms with Crippen molar-refractivity contribution >= 4 is 23.9 Å². The topological polar surface area (TPSA) is 105 Å². The largest absolute Gasteiger partial charge is 0.469 e. The van der Waals surface area contributed by atoms with Gasteiger partial charge in [0.1, 0.15) is 12.2 Å². The van der Waals surface area contributed by atoms with E-state index in [1.54, 1.807) is 0 Å². The summed E-state index contributed by atoms with van der Waals surface area (Å²) in [5.74, 6) is 0.0805. The number of carbonyl (C=O) groups is 4. The summed E-state index contributed by atoms with van der Waals surface area (Å²) in [5, 5.41) is 0. The van der Waals surface area contributed by atoms with Gasteiger partial charge < -0.3 is 18.9 Å². The van der Waals surface area contributed by atoms with Crippen LogP contribution in [0.15, 0.2) is 0 Å². The zero-order chi connectivity index (χ0) is 27.1. The van der Waals surface area contributed by atoms with Gasteiger partial charge in [0, 0.05) is 43.9 Å². The number of carbonyl (C=O) groups excluding carboxylic acids is 4. The molecular weight excluding hydrogens is 476 g/mol. The number of methoxy groups -OCH3 is 1. The van der Waals surface area contributed by atoms with Gasteiger partial charge in [-0.3, -0.25) is 19.2 Å². The van der Waals surface area contributed by atoms with E-state index in [4.69, 9.17) is 18.9 Å². The highest BCUT2D eigenvalue weighted by atomic mass is 16.6. The molecule has 1 heterocycles. The standard InChI is InChI=1S/C29H44O8/c1-16(7-10-25(32)34-6)20-8-9-21-27-22(14-24(29(20,21)5)37-18(3)31)28(4)12-11-26(33)35-15-19(28)13-23(27)36-17(2)30/h16,19-24,27H,7-15H2,1-6H3/t16-,19-,20-,21+,22+,23-,24+,27+,28+,29-/m1/s1. The van der Waals surface area contributed by atoms with E-state index in [2.05, 4.69) is 20.8 Å². The van der Waals surface area contributed by atoms with E-state index in [9.17, 15) is 19.2 Å². The maximum absolute atomic E-state index is 12.4. The van der Waals surface area contributed by atoms with E-state index < -0.39 is 0 Å². The van der Waals surface area contributed by atoms with Gasteiger partial charge in [-0.15, -0.1) is 0 Å². The van der Waals surface area contributed by atoms with Gasteiger partial charge in [-0.05, 0) is 67.6 Å². The summed E-state index contributed by atoms with van der Waals surface area (Å²) in [7, 11) is 1.41. The van der Waals surface area contributed by atoms with E-state index in [1.165, 1.54) is 21.0 Å². The zero-order valence-corrected chi connectivity index (χ0v) is 23.2. The van der Waals surface area contributed by atoms with E-state index in [1.807, 2.05) is 0 Å². The van der Waals surface area contributed by atoms with Crippen LogP contribution in [0, 0.1) is 46.3 Å². The number of fused-ring (bicyclic) bond motifs is 5. The van der Waals surface area contributed by atoms with Crippen molar-refractivity contribution in [1.29, 1.82) is 0 Å². The van der Waals surface area contributed by atoms with E-state index in [0.29, 0.717) is 38.7 Å². The van der Waals surface area contributed by atoms with E-state index in [-0.39, 0.29) is 82.4 Å². The summed E-state index contributed by atoms with van der Waals surface area (Å²) >= 11 is 0. The zero-order valence-electron chi connectivity index (χ0n) is 23.2. The second-order valence-corrected chi connectivity index (χ2v) is 12.5. The second-order valence-electron chi connectivity index (χ2n) is 12.5. The average molecular weight is 521 g/mol. The molecule has 8 nitrogen and oxygen atoms in total. The van der Waals surface area contributed by atoms with Crippen molar-refractivity contribution in [3.8, 4) is 0 Å². The van der Waals surface area contributed by atoms with Gasteiger partial charge >= 0.3 is 23.9 Å². The third-order valence-corrected chi connectivity index (χ3v) is 10.9. The fraction of sp³-hybridized carbons (Fsp3) is 0.862. The number of hydrogen-bond donors (Lipinski definition) is 0. The highest BCUT2D eigenvalue weighted by molar-refractivity contribution is 5.70. The Balaban J connectivity index is 1.73. The lowest BCUT2D eigenvalue weighted by molar-refractivity contribution is -0.217. The maximum atomic E-state index is 12.4. The van der Waals surface area contributed by atoms with Crippen molar-refractivity contribution in [2.75, 3.05) is 13.7 Å². The van der Waals surface area contributed by atoms with Crippen LogP contribution in [0.5, 0.6) is 0 Å². The Morgan fingerprint density at radius 2 is 1.76 bits per heavy atom. The van der Waals surface area contributed by atoms with Crippen LogP contribution in [0.3, 0.4) is 0 Å². The average Bonchev–Trinajstić information content (AvgIpc) is 3.12. The van der Waals surface area contributed by atoms with Crippen LogP contribution >= 0.6 is 0 Å². The summed E-state index contributed by atoms with van der Waals surface area (Å²) in [4.78, 5) is 48.8. The summed E-state index contributed by atoms with van der Waals surface area (Å²) in [6.07, 6.45) is 4.92. The Morgan fingerprint density at radius 1 is 1.05 bits per heavy atom. The van der Waals surface area contributed by atoms with Gasteiger partial charge in [-0.25, -0.2) is 0 Å². The molecule has 0 spiro atoms. The molecule has 0 N–H and O–H groups in total. The number of ether oxygens (including phenoxy) is 4. The van der Waals surface area contributed by atoms with E-state index in [0.717, 1.165) is 19.3 Å². The molecule has 4 rings (SSSR count). The van der Waals surface area contributed by atoms with Crippen LogP contribution in [0.25, 0.3) is 0 Å². The maximum Gasteiger partial charge on any atom is 0.305 e. The molecule has 4 fully saturated rings. The monoisotopic (exact) mass is 520 g/mol. The molecule has 1 saturated heterocycles.